The molecule has 6 rings (SSSR count). The number of amides is 2. The molecule has 1 saturated heterocycles. The number of halogens is 1. The molecule has 2 amide bonds. The molecule has 8 nitrogen and oxygen atoms in total. The summed E-state index contributed by atoms with van der Waals surface area (Å²) in [4.78, 5) is 35.2. The van der Waals surface area contributed by atoms with Crippen molar-refractivity contribution >= 4 is 43.2 Å². The van der Waals surface area contributed by atoms with Crippen molar-refractivity contribution in [3.63, 3.8) is 0 Å². The Hall–Kier alpha value is -4.20. The zero-order valence-corrected chi connectivity index (χ0v) is 38.6. The first-order valence-electron chi connectivity index (χ1n) is 20.4. The van der Waals surface area contributed by atoms with Gasteiger partial charge in [-0.1, -0.05) is 0 Å². The second-order valence-corrected chi connectivity index (χ2v) is 21.3. The number of benzene rings is 4. The number of nitrogens with zero attached hydrogens (tertiary/aromatic N) is 3. The van der Waals surface area contributed by atoms with Crippen LogP contribution in [0.5, 0.6) is 17.2 Å². The van der Waals surface area contributed by atoms with Crippen LogP contribution in [0.2, 0.25) is 0 Å². The van der Waals surface area contributed by atoms with E-state index in [-0.39, 0.29) is 16.2 Å². The molecule has 2 heterocycles. The predicted octanol–water partition coefficient (Wildman–Crippen LogP) is 11.0. The first kappa shape index (κ1) is 43.4. The van der Waals surface area contributed by atoms with Gasteiger partial charge in [-0.25, -0.2) is 0 Å². The molecule has 2 aliphatic heterocycles. The van der Waals surface area contributed by atoms with Crippen molar-refractivity contribution in [3.8, 4) is 17.2 Å². The molecular formula is C48H60ClN3O5Ru. The van der Waals surface area contributed by atoms with Gasteiger partial charge in [-0.05, 0) is 0 Å². The summed E-state index contributed by atoms with van der Waals surface area (Å²) < 4.78 is 19.7. The molecule has 1 fully saturated rings. The second-order valence-electron chi connectivity index (χ2n) is 16.8. The Morgan fingerprint density at radius 2 is 1.24 bits per heavy atom. The number of para-hydroxylation sites is 3. The molecule has 0 aromatic heterocycles. The standard InChI is InChI=1S/C27H39N2.C21H21NO5.ClH.Ru/c1-18(2)22-11-9-12-23(19(3)4)26(22)28-15-16-29(17-28)27-24(20(5)6)13-10-14-25(27)21(7)8;1-12(2)18-21(24)22(16-8-6-7-13(3)19(16)27-18)20(23)15-10-9-14(25-4)11-17(15)26-5;;/h9-14,17-21H,15-16H2,1-8H3;3,6-12,18H,1-2,4-5H3;1H;/q;;;+1/p-1. The third-order valence-corrected chi connectivity index (χ3v) is 15.4. The third kappa shape index (κ3) is 8.19. The van der Waals surface area contributed by atoms with Gasteiger partial charge in [0.15, 0.2) is 0 Å². The van der Waals surface area contributed by atoms with E-state index in [0.717, 1.165) is 18.7 Å². The molecule has 0 aliphatic carbocycles. The Morgan fingerprint density at radius 3 is 1.69 bits per heavy atom. The Balaban J connectivity index is 1.57. The van der Waals surface area contributed by atoms with Crippen molar-refractivity contribution in [1.29, 1.82) is 0 Å². The van der Waals surface area contributed by atoms with E-state index in [0.29, 0.717) is 46.6 Å². The Bertz CT molecular complexity index is 2070. The summed E-state index contributed by atoms with van der Waals surface area (Å²) in [5, 5.41) is 0. The van der Waals surface area contributed by atoms with Gasteiger partial charge in [-0.15, -0.1) is 0 Å². The second kappa shape index (κ2) is 18.0. The van der Waals surface area contributed by atoms with Gasteiger partial charge >= 0.3 is 357 Å². The van der Waals surface area contributed by atoms with Gasteiger partial charge in [0.1, 0.15) is 0 Å². The molecule has 1 atom stereocenters. The average molecular weight is 896 g/mol. The number of fused-ring (bicyclic) bond motifs is 1. The van der Waals surface area contributed by atoms with E-state index >= 15 is 0 Å². The maximum atomic E-state index is 14.5. The summed E-state index contributed by atoms with van der Waals surface area (Å²) in [7, 11) is 11.1. The molecule has 10 heteroatoms. The molecule has 0 bridgehead atoms. The number of hydrogen-bond acceptors (Lipinski definition) is 7. The molecule has 4 aromatic rings. The number of imide groups is 1. The third-order valence-electron chi connectivity index (χ3n) is 11.1. The Morgan fingerprint density at radius 1 is 0.741 bits per heavy atom. The van der Waals surface area contributed by atoms with Gasteiger partial charge in [0.05, 0.1) is 0 Å². The zero-order chi connectivity index (χ0) is 42.2. The summed E-state index contributed by atoms with van der Waals surface area (Å²) in [5.41, 5.74) is 9.25. The van der Waals surface area contributed by atoms with E-state index < -0.39 is 32.4 Å². The van der Waals surface area contributed by atoms with Crippen LogP contribution in [0.15, 0.2) is 72.8 Å². The molecule has 312 valence electrons. The summed E-state index contributed by atoms with van der Waals surface area (Å²) >= 11 is -2.55. The SMILES string of the molecule is COc1ccc(C(=O)N2C(=O)C(C(C)C)Oc3c([CH]=[Ru]([Cl])[CH]4N(c5c(C(C)C)cccc5C(C)C)CCN4c4c(C(C)C)cccc4C(C)C)cccc32)c(OC)c1. The van der Waals surface area contributed by atoms with E-state index in [1.807, 2.05) is 26.0 Å². The minimum absolute atomic E-state index is 0.135. The van der Waals surface area contributed by atoms with Gasteiger partial charge in [0, 0.05) is 0 Å². The van der Waals surface area contributed by atoms with Crippen LogP contribution in [-0.2, 0) is 19.3 Å². The van der Waals surface area contributed by atoms with E-state index in [2.05, 4.69) is 106 Å². The number of methoxy groups -OCH3 is 2. The number of carbonyl (C=O) groups is 2. The number of hydrogen-bond donors (Lipinski definition) is 0. The summed E-state index contributed by atoms with van der Waals surface area (Å²) in [6.45, 7) is 23.7. The molecule has 0 spiro atoms. The van der Waals surface area contributed by atoms with E-state index in [9.17, 15) is 9.59 Å². The molecule has 2 aliphatic rings. The van der Waals surface area contributed by atoms with Crippen molar-refractivity contribution in [2.75, 3.05) is 42.0 Å². The van der Waals surface area contributed by atoms with Crippen LogP contribution in [0.3, 0.4) is 0 Å². The zero-order valence-electron chi connectivity index (χ0n) is 36.1. The van der Waals surface area contributed by atoms with E-state index in [1.165, 1.54) is 45.6 Å². The molecular weight excluding hydrogens is 835 g/mol. The first-order valence-corrected chi connectivity index (χ1v) is 24.7. The van der Waals surface area contributed by atoms with Crippen LogP contribution < -0.4 is 28.9 Å². The Labute approximate surface area is 354 Å². The van der Waals surface area contributed by atoms with Gasteiger partial charge in [0.25, 0.3) is 0 Å². The molecule has 0 N–H and O–H groups in total. The average Bonchev–Trinajstić information content (AvgIpc) is 3.64. The summed E-state index contributed by atoms with van der Waals surface area (Å²) in [5.74, 6) is 1.45. The monoisotopic (exact) mass is 895 g/mol. The Kier molecular flexibility index (Phi) is 13.4. The molecule has 0 radical (unpaired) electrons. The first-order chi connectivity index (χ1) is 27.6. The topological polar surface area (TPSA) is 71.6 Å². The van der Waals surface area contributed by atoms with Crippen molar-refractivity contribution in [1.82, 2.24) is 0 Å². The predicted molar refractivity (Wildman–Crippen MR) is 236 cm³/mol. The number of anilines is 3. The van der Waals surface area contributed by atoms with Crippen molar-refractivity contribution in [2.24, 2.45) is 5.92 Å². The van der Waals surface area contributed by atoms with Crippen LogP contribution in [0.1, 0.15) is 131 Å². The minimum atomic E-state index is -2.55. The fourth-order valence-corrected chi connectivity index (χ4v) is 12.7. The van der Waals surface area contributed by atoms with Gasteiger partial charge in [-0.3, -0.25) is 0 Å². The van der Waals surface area contributed by atoms with Gasteiger partial charge < -0.3 is 0 Å². The van der Waals surface area contributed by atoms with Crippen molar-refractivity contribution < 1.29 is 38.3 Å². The number of ether oxygens (including phenoxy) is 3. The summed E-state index contributed by atoms with van der Waals surface area (Å²) in [6.07, 6.45) is -0.885. The fraction of sp³-hybridized carbons (Fsp3) is 0.438. The summed E-state index contributed by atoms with van der Waals surface area (Å²) in [6, 6.07) is 24.1. The van der Waals surface area contributed by atoms with Crippen LogP contribution in [0.25, 0.3) is 0 Å². The molecule has 58 heavy (non-hydrogen) atoms. The number of carbonyl (C=O) groups excluding carboxylic acids is 2. The fourth-order valence-electron chi connectivity index (χ4n) is 8.15. The number of rotatable bonds is 12. The van der Waals surface area contributed by atoms with Crippen LogP contribution >= 0.6 is 9.69 Å². The van der Waals surface area contributed by atoms with Crippen molar-refractivity contribution in [2.45, 2.75) is 104 Å². The maximum absolute atomic E-state index is 14.5. The molecule has 4 aromatic carbocycles. The molecule has 1 unspecified atom stereocenters. The van der Waals surface area contributed by atoms with E-state index in [1.54, 1.807) is 31.4 Å². The van der Waals surface area contributed by atoms with E-state index in [4.69, 9.17) is 23.9 Å². The van der Waals surface area contributed by atoms with Gasteiger partial charge in [-0.2, -0.15) is 0 Å². The van der Waals surface area contributed by atoms with Crippen LogP contribution in [0.4, 0.5) is 17.1 Å². The van der Waals surface area contributed by atoms with Crippen LogP contribution in [0, 0.1) is 5.92 Å². The normalized spacial score (nSPS) is 16.9. The molecule has 0 saturated carbocycles. The van der Waals surface area contributed by atoms with Crippen molar-refractivity contribution in [3.05, 3.63) is 106 Å². The van der Waals surface area contributed by atoms with Crippen LogP contribution in [-0.4, -0.2) is 54.6 Å². The quantitative estimate of drug-likeness (QED) is 0.104. The van der Waals surface area contributed by atoms with Gasteiger partial charge in [0.2, 0.25) is 0 Å².